The van der Waals surface area contributed by atoms with Crippen LogP contribution < -0.4 is 0 Å². The summed E-state index contributed by atoms with van der Waals surface area (Å²) in [5.41, 5.74) is 2.33. The van der Waals surface area contributed by atoms with Crippen molar-refractivity contribution in [2.45, 2.75) is 32.4 Å². The molecule has 1 aromatic heterocycles. The second-order valence-electron chi connectivity index (χ2n) is 5.90. The third-order valence-electron chi connectivity index (χ3n) is 4.03. The van der Waals surface area contributed by atoms with Crippen LogP contribution in [0.15, 0.2) is 36.7 Å². The minimum absolute atomic E-state index is 0.0984. The van der Waals surface area contributed by atoms with E-state index < -0.39 is 0 Å². The number of aromatic nitrogens is 2. The van der Waals surface area contributed by atoms with Crippen LogP contribution in [0.25, 0.3) is 0 Å². The van der Waals surface area contributed by atoms with Crippen LogP contribution in [-0.2, 0) is 17.7 Å². The fourth-order valence-electron chi connectivity index (χ4n) is 2.80. The molecule has 0 aliphatic carbocycles. The molecule has 0 N–H and O–H groups in total. The normalized spacial score (nSPS) is 19.0. The molecule has 5 heteroatoms. The number of halogens is 1. The predicted molar refractivity (Wildman–Crippen MR) is 91.4 cm³/mol. The Balaban J connectivity index is 1.61. The lowest BCUT2D eigenvalue weighted by atomic mass is 10.1. The number of aryl methyl sites for hydroxylation is 1. The predicted octanol–water partition coefficient (Wildman–Crippen LogP) is 3.66. The fourth-order valence-corrected chi connectivity index (χ4v) is 2.93. The van der Waals surface area contributed by atoms with Crippen LogP contribution in [0.3, 0.4) is 0 Å². The van der Waals surface area contributed by atoms with Crippen LogP contribution in [-0.4, -0.2) is 34.6 Å². The first-order valence-electron chi connectivity index (χ1n) is 8.14. The largest absolute Gasteiger partial charge is 0.371 e. The van der Waals surface area contributed by atoms with Gasteiger partial charge in [0.25, 0.3) is 0 Å². The number of rotatable bonds is 5. The molecular weight excluding hydrogens is 310 g/mol. The third kappa shape index (κ3) is 4.50. The van der Waals surface area contributed by atoms with Crippen molar-refractivity contribution in [3.05, 3.63) is 58.6 Å². The van der Waals surface area contributed by atoms with Gasteiger partial charge in [-0.1, -0.05) is 30.7 Å². The highest BCUT2D eigenvalue weighted by molar-refractivity contribution is 6.30. The quantitative estimate of drug-likeness (QED) is 0.838. The van der Waals surface area contributed by atoms with Crippen molar-refractivity contribution < 1.29 is 4.74 Å². The van der Waals surface area contributed by atoms with E-state index in [-0.39, 0.29) is 6.10 Å². The Morgan fingerprint density at radius 3 is 2.65 bits per heavy atom. The van der Waals surface area contributed by atoms with E-state index in [0.717, 1.165) is 55.5 Å². The van der Waals surface area contributed by atoms with Crippen molar-refractivity contribution in [2.75, 3.05) is 19.7 Å². The zero-order chi connectivity index (χ0) is 16.1. The van der Waals surface area contributed by atoms with Crippen molar-refractivity contribution in [1.82, 2.24) is 14.9 Å². The molecule has 1 aromatic carbocycles. The Morgan fingerprint density at radius 1 is 1.22 bits per heavy atom. The van der Waals surface area contributed by atoms with Crippen molar-refractivity contribution in [1.29, 1.82) is 0 Å². The Kier molecular flexibility index (Phi) is 5.60. The molecule has 0 spiro atoms. The van der Waals surface area contributed by atoms with Crippen molar-refractivity contribution in [3.8, 4) is 0 Å². The first-order valence-corrected chi connectivity index (χ1v) is 8.51. The summed E-state index contributed by atoms with van der Waals surface area (Å²) in [4.78, 5) is 11.3. The minimum Gasteiger partial charge on any atom is -0.371 e. The monoisotopic (exact) mass is 331 g/mol. The van der Waals surface area contributed by atoms with Crippen LogP contribution in [0.5, 0.6) is 0 Å². The van der Waals surface area contributed by atoms with Crippen LogP contribution in [0.4, 0.5) is 0 Å². The summed E-state index contributed by atoms with van der Waals surface area (Å²) in [7, 11) is 0. The van der Waals surface area contributed by atoms with Gasteiger partial charge in [-0.15, -0.1) is 0 Å². The molecule has 0 amide bonds. The second kappa shape index (κ2) is 7.86. The zero-order valence-corrected chi connectivity index (χ0v) is 14.2. The highest BCUT2D eigenvalue weighted by Crippen LogP contribution is 2.24. The van der Waals surface area contributed by atoms with Gasteiger partial charge in [0, 0.05) is 49.0 Å². The standard InChI is InChI=1S/C18H22ClN3O/c1-2-3-18-20-10-14(11-21-18)12-22-8-9-23-17(13-22)15-4-6-16(19)7-5-15/h4-7,10-11,17H,2-3,8-9,12-13H2,1H3/t17-/m0/s1. The minimum atomic E-state index is 0.0984. The molecule has 0 unspecified atom stereocenters. The molecule has 0 saturated carbocycles. The maximum absolute atomic E-state index is 5.96. The maximum Gasteiger partial charge on any atom is 0.128 e. The van der Waals surface area contributed by atoms with Crippen molar-refractivity contribution in [3.63, 3.8) is 0 Å². The number of hydrogen-bond donors (Lipinski definition) is 0. The van der Waals surface area contributed by atoms with E-state index >= 15 is 0 Å². The molecule has 1 fully saturated rings. The fraction of sp³-hybridized carbons (Fsp3) is 0.444. The summed E-state index contributed by atoms with van der Waals surface area (Å²) >= 11 is 5.96. The van der Waals surface area contributed by atoms with Gasteiger partial charge in [0.05, 0.1) is 12.7 Å². The molecule has 1 atom stereocenters. The van der Waals surface area contributed by atoms with E-state index in [2.05, 4.69) is 21.8 Å². The SMILES string of the molecule is CCCc1ncc(CN2CCO[C@H](c3ccc(Cl)cc3)C2)cn1. The van der Waals surface area contributed by atoms with Gasteiger partial charge in [-0.2, -0.15) is 0 Å². The van der Waals surface area contributed by atoms with E-state index in [0.29, 0.717) is 0 Å². The third-order valence-corrected chi connectivity index (χ3v) is 4.28. The highest BCUT2D eigenvalue weighted by atomic mass is 35.5. The van der Waals surface area contributed by atoms with Gasteiger partial charge in [-0.25, -0.2) is 9.97 Å². The number of hydrogen-bond acceptors (Lipinski definition) is 4. The number of ether oxygens (including phenoxy) is 1. The molecule has 3 rings (SSSR count). The lowest BCUT2D eigenvalue weighted by Gasteiger charge is -2.33. The van der Waals surface area contributed by atoms with Crippen LogP contribution in [0.1, 0.15) is 36.4 Å². The summed E-state index contributed by atoms with van der Waals surface area (Å²) in [6, 6.07) is 7.91. The number of benzene rings is 1. The van der Waals surface area contributed by atoms with E-state index in [1.165, 1.54) is 5.56 Å². The molecule has 1 saturated heterocycles. The Morgan fingerprint density at radius 2 is 1.96 bits per heavy atom. The lowest BCUT2D eigenvalue weighted by Crippen LogP contribution is -2.37. The average molecular weight is 332 g/mol. The Labute approximate surface area is 142 Å². The molecule has 1 aliphatic rings. The molecular formula is C18H22ClN3O. The van der Waals surface area contributed by atoms with E-state index in [9.17, 15) is 0 Å². The summed E-state index contributed by atoms with van der Waals surface area (Å²) in [5, 5.41) is 0.755. The van der Waals surface area contributed by atoms with E-state index in [1.807, 2.05) is 36.7 Å². The number of nitrogens with zero attached hydrogens (tertiary/aromatic N) is 3. The number of morpholine rings is 1. The van der Waals surface area contributed by atoms with Crippen molar-refractivity contribution in [2.24, 2.45) is 0 Å². The summed E-state index contributed by atoms with van der Waals surface area (Å²) in [6.45, 7) is 5.54. The average Bonchev–Trinajstić information content (AvgIpc) is 2.58. The first kappa shape index (κ1) is 16.4. The van der Waals surface area contributed by atoms with Gasteiger partial charge in [-0.3, -0.25) is 4.90 Å². The maximum atomic E-state index is 5.96. The van der Waals surface area contributed by atoms with E-state index in [1.54, 1.807) is 0 Å². The zero-order valence-electron chi connectivity index (χ0n) is 13.4. The summed E-state index contributed by atoms with van der Waals surface area (Å²) < 4.78 is 5.91. The molecule has 1 aliphatic heterocycles. The highest BCUT2D eigenvalue weighted by Gasteiger charge is 2.22. The lowest BCUT2D eigenvalue weighted by molar-refractivity contribution is -0.0329. The first-order chi connectivity index (χ1) is 11.2. The van der Waals surface area contributed by atoms with Gasteiger partial charge in [0.1, 0.15) is 5.82 Å². The van der Waals surface area contributed by atoms with Crippen molar-refractivity contribution >= 4 is 11.6 Å². The topological polar surface area (TPSA) is 38.2 Å². The van der Waals surface area contributed by atoms with Gasteiger partial charge < -0.3 is 4.74 Å². The molecule has 0 radical (unpaired) electrons. The van der Waals surface area contributed by atoms with Gasteiger partial charge in [0.2, 0.25) is 0 Å². The van der Waals surface area contributed by atoms with Gasteiger partial charge in [0.15, 0.2) is 0 Å². The molecule has 4 nitrogen and oxygen atoms in total. The molecule has 2 aromatic rings. The smallest absolute Gasteiger partial charge is 0.128 e. The summed E-state index contributed by atoms with van der Waals surface area (Å²) in [6.07, 6.45) is 6.01. The van der Waals surface area contributed by atoms with Crippen LogP contribution >= 0.6 is 11.6 Å². The second-order valence-corrected chi connectivity index (χ2v) is 6.34. The van der Waals surface area contributed by atoms with Gasteiger partial charge in [-0.05, 0) is 24.1 Å². The molecule has 122 valence electrons. The molecule has 0 bridgehead atoms. The Bertz CT molecular complexity index is 615. The van der Waals surface area contributed by atoms with Crippen LogP contribution in [0.2, 0.25) is 5.02 Å². The van der Waals surface area contributed by atoms with E-state index in [4.69, 9.17) is 16.3 Å². The van der Waals surface area contributed by atoms with Gasteiger partial charge >= 0.3 is 0 Å². The molecule has 23 heavy (non-hydrogen) atoms. The molecule has 2 heterocycles. The summed E-state index contributed by atoms with van der Waals surface area (Å²) in [5.74, 6) is 0.928. The van der Waals surface area contributed by atoms with Crippen LogP contribution in [0, 0.1) is 0 Å². The Hall–Kier alpha value is -1.49.